The second-order valence-electron chi connectivity index (χ2n) is 7.28. The van der Waals surface area contributed by atoms with Crippen LogP contribution in [0, 0.1) is 0 Å². The number of alkyl halides is 3. The number of para-hydroxylation sites is 1. The van der Waals surface area contributed by atoms with Crippen molar-refractivity contribution in [3.8, 4) is 11.5 Å². The Morgan fingerprint density at radius 2 is 2.00 bits per heavy atom. The summed E-state index contributed by atoms with van der Waals surface area (Å²) in [6.45, 7) is 4.23. The number of ether oxygens (including phenoxy) is 1. The maximum atomic E-state index is 13.4. The first kappa shape index (κ1) is 20.4. The molecule has 1 aliphatic heterocycles. The zero-order valence-electron chi connectivity index (χ0n) is 16.4. The number of rotatable bonds is 5. The molecule has 1 aliphatic rings. The maximum Gasteiger partial charge on any atom is 0.433 e. The van der Waals surface area contributed by atoms with E-state index in [-0.39, 0.29) is 17.4 Å². The number of benzene rings is 1. The summed E-state index contributed by atoms with van der Waals surface area (Å²) in [6.07, 6.45) is -2.12. The van der Waals surface area contributed by atoms with E-state index in [1.807, 2.05) is 19.1 Å². The predicted octanol–water partition coefficient (Wildman–Crippen LogP) is 3.63. The van der Waals surface area contributed by atoms with Crippen LogP contribution in [-0.4, -0.2) is 49.3 Å². The summed E-state index contributed by atoms with van der Waals surface area (Å²) in [5, 5.41) is 14.0. The van der Waals surface area contributed by atoms with Gasteiger partial charge in [0.2, 0.25) is 0 Å². The molecule has 0 amide bonds. The van der Waals surface area contributed by atoms with Gasteiger partial charge in [-0.3, -0.25) is 4.90 Å². The molecule has 1 N–H and O–H groups in total. The van der Waals surface area contributed by atoms with Crippen LogP contribution in [0.1, 0.15) is 42.6 Å². The van der Waals surface area contributed by atoms with Crippen LogP contribution in [0.15, 0.2) is 30.6 Å². The molecular formula is C20H22F3N5O2. The van der Waals surface area contributed by atoms with Gasteiger partial charge in [0.1, 0.15) is 6.33 Å². The summed E-state index contributed by atoms with van der Waals surface area (Å²) in [4.78, 5) is 10.3. The maximum absolute atomic E-state index is 13.4. The van der Waals surface area contributed by atoms with E-state index in [1.54, 1.807) is 6.07 Å². The predicted molar refractivity (Wildman–Crippen MR) is 102 cm³/mol. The number of halogens is 3. The van der Waals surface area contributed by atoms with Crippen LogP contribution in [0.3, 0.4) is 0 Å². The summed E-state index contributed by atoms with van der Waals surface area (Å²) in [7, 11) is 0. The Labute approximate surface area is 171 Å². The van der Waals surface area contributed by atoms with Crippen molar-refractivity contribution in [3.63, 3.8) is 0 Å². The third-order valence-corrected chi connectivity index (χ3v) is 5.34. The first-order chi connectivity index (χ1) is 14.4. The Hall–Kier alpha value is -2.88. The van der Waals surface area contributed by atoms with Crippen molar-refractivity contribution < 1.29 is 23.0 Å². The Bertz CT molecular complexity index is 1030. The monoisotopic (exact) mass is 421 g/mol. The minimum atomic E-state index is -4.53. The van der Waals surface area contributed by atoms with E-state index >= 15 is 0 Å². The van der Waals surface area contributed by atoms with Crippen LogP contribution in [0.5, 0.6) is 11.5 Å². The molecule has 0 aliphatic carbocycles. The van der Waals surface area contributed by atoms with Gasteiger partial charge in [0.25, 0.3) is 5.78 Å². The number of hydrogen-bond donors (Lipinski definition) is 1. The van der Waals surface area contributed by atoms with Crippen molar-refractivity contribution in [2.75, 3.05) is 19.7 Å². The van der Waals surface area contributed by atoms with Crippen molar-refractivity contribution >= 4 is 5.78 Å². The van der Waals surface area contributed by atoms with Crippen molar-refractivity contribution in [1.29, 1.82) is 0 Å². The molecule has 0 atom stereocenters. The second kappa shape index (κ2) is 8.10. The first-order valence-corrected chi connectivity index (χ1v) is 9.80. The van der Waals surface area contributed by atoms with Crippen molar-refractivity contribution in [2.45, 2.75) is 38.4 Å². The summed E-state index contributed by atoms with van der Waals surface area (Å²) in [5.41, 5.74) is 0.297. The number of likely N-dealkylation sites (tertiary alicyclic amines) is 1. The molecule has 1 fully saturated rings. The molecule has 4 rings (SSSR count). The number of aromatic hydroxyl groups is 1. The smallest absolute Gasteiger partial charge is 0.433 e. The molecule has 3 heterocycles. The third kappa shape index (κ3) is 4.04. The van der Waals surface area contributed by atoms with Gasteiger partial charge in [-0.15, -0.1) is 0 Å². The molecule has 0 saturated carbocycles. The molecule has 0 bridgehead atoms. The lowest BCUT2D eigenvalue weighted by molar-refractivity contribution is -0.142. The highest BCUT2D eigenvalue weighted by atomic mass is 19.4. The molecule has 1 saturated heterocycles. The fourth-order valence-corrected chi connectivity index (χ4v) is 3.84. The SMILES string of the molecule is CCOc1cccc(CN2CCC(c3cc(C(F)(F)F)n4ncnc4n3)CC2)c1O. The number of nitrogens with zero attached hydrogens (tertiary/aromatic N) is 5. The molecular weight excluding hydrogens is 399 g/mol. The fraction of sp³-hybridized carbons (Fsp3) is 0.450. The molecule has 160 valence electrons. The standard InChI is InChI=1S/C20H22F3N5O2/c1-2-30-16-5-3-4-14(18(16)29)11-27-8-6-13(7-9-27)15-10-17(20(21,22)23)28-19(26-15)24-12-25-28/h3-5,10,12-13,29H,2,6-9,11H2,1H3. The van der Waals surface area contributed by atoms with Gasteiger partial charge in [-0.25, -0.2) is 4.98 Å². The summed E-state index contributed by atoms with van der Waals surface area (Å²) >= 11 is 0. The normalized spacial score (nSPS) is 16.3. The van der Waals surface area contributed by atoms with E-state index in [0.29, 0.717) is 50.5 Å². The number of fused-ring (bicyclic) bond motifs is 1. The fourth-order valence-electron chi connectivity index (χ4n) is 3.84. The van der Waals surface area contributed by atoms with E-state index in [4.69, 9.17) is 4.74 Å². The summed E-state index contributed by atoms with van der Waals surface area (Å²) < 4.78 is 46.4. The molecule has 30 heavy (non-hydrogen) atoms. The summed E-state index contributed by atoms with van der Waals surface area (Å²) in [5.74, 6) is 0.456. The van der Waals surface area contributed by atoms with Gasteiger partial charge in [0.15, 0.2) is 17.2 Å². The molecule has 0 spiro atoms. The van der Waals surface area contributed by atoms with Crippen molar-refractivity contribution in [3.05, 3.63) is 47.5 Å². The van der Waals surface area contributed by atoms with Gasteiger partial charge >= 0.3 is 6.18 Å². The Balaban J connectivity index is 1.47. The molecule has 0 unspecified atom stereocenters. The lowest BCUT2D eigenvalue weighted by Gasteiger charge is -2.32. The summed E-state index contributed by atoms with van der Waals surface area (Å²) in [6, 6.07) is 6.49. The molecule has 3 aromatic rings. The highest BCUT2D eigenvalue weighted by Crippen LogP contribution is 2.35. The van der Waals surface area contributed by atoms with E-state index in [0.717, 1.165) is 22.5 Å². The van der Waals surface area contributed by atoms with Crippen LogP contribution in [0.4, 0.5) is 13.2 Å². The number of piperidine rings is 1. The van der Waals surface area contributed by atoms with Gasteiger partial charge < -0.3 is 9.84 Å². The molecule has 7 nitrogen and oxygen atoms in total. The van der Waals surface area contributed by atoms with Gasteiger partial charge in [0, 0.05) is 23.7 Å². The molecule has 10 heteroatoms. The molecule has 1 aromatic carbocycles. The number of hydrogen-bond acceptors (Lipinski definition) is 6. The zero-order chi connectivity index (χ0) is 21.3. The lowest BCUT2D eigenvalue weighted by atomic mass is 9.92. The second-order valence-corrected chi connectivity index (χ2v) is 7.28. The van der Waals surface area contributed by atoms with Gasteiger partial charge in [-0.2, -0.15) is 27.8 Å². The van der Waals surface area contributed by atoms with Crippen molar-refractivity contribution in [2.24, 2.45) is 0 Å². The van der Waals surface area contributed by atoms with E-state index in [9.17, 15) is 18.3 Å². The first-order valence-electron chi connectivity index (χ1n) is 9.80. The van der Waals surface area contributed by atoms with Crippen LogP contribution >= 0.6 is 0 Å². The van der Waals surface area contributed by atoms with E-state index in [1.165, 1.54) is 0 Å². The highest BCUT2D eigenvalue weighted by Gasteiger charge is 2.36. The lowest BCUT2D eigenvalue weighted by Crippen LogP contribution is -2.33. The third-order valence-electron chi connectivity index (χ3n) is 5.34. The Morgan fingerprint density at radius 1 is 1.23 bits per heavy atom. The Morgan fingerprint density at radius 3 is 2.70 bits per heavy atom. The largest absolute Gasteiger partial charge is 0.504 e. The number of phenols is 1. The van der Waals surface area contributed by atoms with Crippen LogP contribution < -0.4 is 4.74 Å². The Kier molecular flexibility index (Phi) is 5.50. The van der Waals surface area contributed by atoms with Crippen LogP contribution in [0.25, 0.3) is 5.78 Å². The van der Waals surface area contributed by atoms with Gasteiger partial charge in [-0.05, 0) is 45.0 Å². The number of aromatic nitrogens is 4. The average Bonchev–Trinajstić information content (AvgIpc) is 3.19. The average molecular weight is 421 g/mol. The van der Waals surface area contributed by atoms with Crippen LogP contribution in [-0.2, 0) is 12.7 Å². The van der Waals surface area contributed by atoms with Crippen molar-refractivity contribution in [1.82, 2.24) is 24.5 Å². The topological polar surface area (TPSA) is 75.8 Å². The minimum Gasteiger partial charge on any atom is -0.504 e. The van der Waals surface area contributed by atoms with E-state index < -0.39 is 11.9 Å². The molecule has 2 aromatic heterocycles. The van der Waals surface area contributed by atoms with E-state index in [2.05, 4.69) is 20.0 Å². The quantitative estimate of drug-likeness (QED) is 0.678. The number of phenolic OH excluding ortho intramolecular Hbond substituents is 1. The highest BCUT2D eigenvalue weighted by molar-refractivity contribution is 5.45. The zero-order valence-corrected chi connectivity index (χ0v) is 16.4. The minimum absolute atomic E-state index is 0.0417. The van der Waals surface area contributed by atoms with Gasteiger partial charge in [-0.1, -0.05) is 12.1 Å². The van der Waals surface area contributed by atoms with Gasteiger partial charge in [0.05, 0.1) is 6.61 Å². The van der Waals surface area contributed by atoms with Crippen LogP contribution in [0.2, 0.25) is 0 Å². The molecule has 0 radical (unpaired) electrons.